The Morgan fingerprint density at radius 1 is 1.56 bits per heavy atom. The molecule has 90 valence electrons. The number of rotatable bonds is 2. The Morgan fingerprint density at radius 3 is 2.94 bits per heavy atom. The molecular formula is C11H8BrN5O. The van der Waals surface area contributed by atoms with E-state index < -0.39 is 5.91 Å². The van der Waals surface area contributed by atoms with Crippen molar-refractivity contribution in [2.24, 2.45) is 0 Å². The van der Waals surface area contributed by atoms with Crippen molar-refractivity contribution in [1.82, 2.24) is 15.2 Å². The normalized spacial score (nSPS) is 9.83. The summed E-state index contributed by atoms with van der Waals surface area (Å²) in [6.45, 7) is 1.70. The zero-order valence-electron chi connectivity index (χ0n) is 9.36. The number of hydrogen-bond donors (Lipinski definition) is 2. The fourth-order valence-electron chi connectivity index (χ4n) is 1.34. The molecule has 2 N–H and O–H groups in total. The number of hydrogen-bond acceptors (Lipinski definition) is 4. The first-order chi connectivity index (χ1) is 8.60. The number of nitriles is 1. The van der Waals surface area contributed by atoms with Crippen LogP contribution in [0.1, 0.15) is 22.0 Å². The lowest BCUT2D eigenvalue weighted by atomic mass is 10.2. The maximum Gasteiger partial charge on any atom is 0.295 e. The SMILES string of the molecule is Cc1nc(C(=O)Nc2ccc(Br)cc2C#N)n[nH]1. The summed E-state index contributed by atoms with van der Waals surface area (Å²) in [4.78, 5) is 15.7. The Labute approximate surface area is 111 Å². The van der Waals surface area contributed by atoms with Gasteiger partial charge in [-0.2, -0.15) is 5.26 Å². The lowest BCUT2D eigenvalue weighted by Gasteiger charge is -2.04. The molecule has 0 radical (unpaired) electrons. The molecule has 0 aliphatic heterocycles. The number of H-pyrrole nitrogens is 1. The number of carbonyl (C=O) groups is 1. The third-order valence-corrected chi connectivity index (χ3v) is 2.64. The highest BCUT2D eigenvalue weighted by Gasteiger charge is 2.13. The smallest absolute Gasteiger partial charge is 0.295 e. The van der Waals surface area contributed by atoms with E-state index >= 15 is 0 Å². The summed E-state index contributed by atoms with van der Waals surface area (Å²) < 4.78 is 0.769. The second-order valence-corrected chi connectivity index (χ2v) is 4.42. The van der Waals surface area contributed by atoms with Gasteiger partial charge < -0.3 is 5.32 Å². The first kappa shape index (κ1) is 12.3. The number of anilines is 1. The minimum absolute atomic E-state index is 0.0410. The summed E-state index contributed by atoms with van der Waals surface area (Å²) in [6, 6.07) is 7.00. The van der Waals surface area contributed by atoms with Gasteiger partial charge in [0.15, 0.2) is 0 Å². The van der Waals surface area contributed by atoms with Crippen LogP contribution in [0.25, 0.3) is 0 Å². The molecule has 0 aliphatic carbocycles. The number of aromatic amines is 1. The van der Waals surface area contributed by atoms with Crippen LogP contribution in [0.5, 0.6) is 0 Å². The summed E-state index contributed by atoms with van der Waals surface area (Å²) >= 11 is 3.26. The number of aryl methyl sites for hydroxylation is 1. The van der Waals surface area contributed by atoms with E-state index in [1.165, 1.54) is 0 Å². The first-order valence-electron chi connectivity index (χ1n) is 5.00. The molecule has 0 unspecified atom stereocenters. The highest BCUT2D eigenvalue weighted by atomic mass is 79.9. The third-order valence-electron chi connectivity index (χ3n) is 2.15. The van der Waals surface area contributed by atoms with Crippen molar-refractivity contribution in [3.8, 4) is 6.07 Å². The highest BCUT2D eigenvalue weighted by molar-refractivity contribution is 9.10. The number of amides is 1. The van der Waals surface area contributed by atoms with E-state index in [0.29, 0.717) is 17.1 Å². The van der Waals surface area contributed by atoms with E-state index in [2.05, 4.69) is 36.4 Å². The van der Waals surface area contributed by atoms with Crippen molar-refractivity contribution in [3.63, 3.8) is 0 Å². The molecule has 1 amide bonds. The van der Waals surface area contributed by atoms with Gasteiger partial charge in [-0.15, -0.1) is 5.10 Å². The van der Waals surface area contributed by atoms with Crippen molar-refractivity contribution < 1.29 is 4.79 Å². The Bertz CT molecular complexity index is 643. The molecule has 0 aliphatic rings. The minimum Gasteiger partial charge on any atom is -0.318 e. The molecule has 7 heteroatoms. The molecule has 0 saturated heterocycles. The van der Waals surface area contributed by atoms with Gasteiger partial charge in [-0.3, -0.25) is 9.89 Å². The molecule has 0 spiro atoms. The fourth-order valence-corrected chi connectivity index (χ4v) is 1.70. The summed E-state index contributed by atoms with van der Waals surface area (Å²) in [5.74, 6) is 0.133. The molecule has 6 nitrogen and oxygen atoms in total. The van der Waals surface area contributed by atoms with E-state index in [-0.39, 0.29) is 5.82 Å². The Hall–Kier alpha value is -2.20. The molecule has 1 heterocycles. The van der Waals surface area contributed by atoms with Crippen LogP contribution in [0.3, 0.4) is 0 Å². The van der Waals surface area contributed by atoms with Crippen LogP contribution in [0.2, 0.25) is 0 Å². The van der Waals surface area contributed by atoms with Crippen LogP contribution in [0, 0.1) is 18.3 Å². The quantitative estimate of drug-likeness (QED) is 0.887. The van der Waals surface area contributed by atoms with E-state index in [0.717, 1.165) is 4.47 Å². The van der Waals surface area contributed by atoms with Gasteiger partial charge in [0.1, 0.15) is 11.9 Å². The van der Waals surface area contributed by atoms with Gasteiger partial charge >= 0.3 is 0 Å². The van der Waals surface area contributed by atoms with Crippen molar-refractivity contribution in [2.75, 3.05) is 5.32 Å². The molecule has 2 rings (SSSR count). The molecule has 0 saturated carbocycles. The van der Waals surface area contributed by atoms with E-state index in [1.54, 1.807) is 25.1 Å². The maximum absolute atomic E-state index is 11.8. The van der Waals surface area contributed by atoms with Gasteiger partial charge in [-0.05, 0) is 25.1 Å². The highest BCUT2D eigenvalue weighted by Crippen LogP contribution is 2.20. The molecular weight excluding hydrogens is 298 g/mol. The van der Waals surface area contributed by atoms with Crippen LogP contribution in [0.15, 0.2) is 22.7 Å². The third kappa shape index (κ3) is 2.55. The van der Waals surface area contributed by atoms with Crippen LogP contribution < -0.4 is 5.32 Å². The van der Waals surface area contributed by atoms with Gasteiger partial charge in [0, 0.05) is 4.47 Å². The van der Waals surface area contributed by atoms with Gasteiger partial charge in [0.25, 0.3) is 5.91 Å². The van der Waals surface area contributed by atoms with Crippen LogP contribution >= 0.6 is 15.9 Å². The standard InChI is InChI=1S/C11H8BrN5O/c1-6-14-10(17-16-6)11(18)15-9-3-2-8(12)4-7(9)5-13/h2-4H,1H3,(H,15,18)(H,14,16,17). The predicted octanol–water partition coefficient (Wildman–Crippen LogP) is 2.00. The second-order valence-electron chi connectivity index (χ2n) is 3.50. The van der Waals surface area contributed by atoms with E-state index in [4.69, 9.17) is 5.26 Å². The molecule has 0 atom stereocenters. The zero-order valence-corrected chi connectivity index (χ0v) is 10.9. The summed E-state index contributed by atoms with van der Waals surface area (Å²) in [7, 11) is 0. The summed E-state index contributed by atoms with van der Waals surface area (Å²) in [5.41, 5.74) is 0.790. The number of carbonyl (C=O) groups excluding carboxylic acids is 1. The average Bonchev–Trinajstić information content (AvgIpc) is 2.78. The fraction of sp³-hybridized carbons (Fsp3) is 0.0909. The van der Waals surface area contributed by atoms with Crippen LogP contribution in [-0.4, -0.2) is 21.1 Å². The molecule has 1 aromatic carbocycles. The monoisotopic (exact) mass is 305 g/mol. The molecule has 1 aromatic heterocycles. The van der Waals surface area contributed by atoms with E-state index in [9.17, 15) is 4.79 Å². The zero-order chi connectivity index (χ0) is 13.1. The maximum atomic E-state index is 11.8. The largest absolute Gasteiger partial charge is 0.318 e. The van der Waals surface area contributed by atoms with Crippen molar-refractivity contribution in [2.45, 2.75) is 6.92 Å². The number of aromatic nitrogens is 3. The average molecular weight is 306 g/mol. The van der Waals surface area contributed by atoms with Crippen LogP contribution in [0.4, 0.5) is 5.69 Å². The lowest BCUT2D eigenvalue weighted by Crippen LogP contribution is -2.14. The number of halogens is 1. The van der Waals surface area contributed by atoms with Crippen LogP contribution in [-0.2, 0) is 0 Å². The molecule has 18 heavy (non-hydrogen) atoms. The van der Waals surface area contributed by atoms with Crippen molar-refractivity contribution >= 4 is 27.5 Å². The lowest BCUT2D eigenvalue weighted by molar-refractivity contribution is 0.101. The van der Waals surface area contributed by atoms with Gasteiger partial charge in [-0.25, -0.2) is 4.98 Å². The van der Waals surface area contributed by atoms with Gasteiger partial charge in [0.2, 0.25) is 5.82 Å². The Balaban J connectivity index is 2.25. The van der Waals surface area contributed by atoms with Crippen molar-refractivity contribution in [1.29, 1.82) is 5.26 Å². The Kier molecular flexibility index (Phi) is 3.39. The van der Waals surface area contributed by atoms with Gasteiger partial charge in [0.05, 0.1) is 11.3 Å². The number of nitrogens with one attached hydrogen (secondary N) is 2. The first-order valence-corrected chi connectivity index (χ1v) is 5.79. The van der Waals surface area contributed by atoms with Gasteiger partial charge in [-0.1, -0.05) is 15.9 Å². The molecule has 2 aromatic rings. The summed E-state index contributed by atoms with van der Waals surface area (Å²) in [6.07, 6.45) is 0. The minimum atomic E-state index is -0.460. The molecule has 0 fully saturated rings. The van der Waals surface area contributed by atoms with E-state index in [1.807, 2.05) is 6.07 Å². The molecule has 0 bridgehead atoms. The summed E-state index contributed by atoms with van der Waals surface area (Å²) in [5, 5.41) is 17.9. The topological polar surface area (TPSA) is 94.5 Å². The number of nitrogens with zero attached hydrogens (tertiary/aromatic N) is 3. The Morgan fingerprint density at radius 2 is 2.33 bits per heavy atom. The number of benzene rings is 1. The second kappa shape index (κ2) is 4.98. The van der Waals surface area contributed by atoms with Crippen molar-refractivity contribution in [3.05, 3.63) is 39.9 Å². The predicted molar refractivity (Wildman–Crippen MR) is 67.9 cm³/mol.